The lowest BCUT2D eigenvalue weighted by molar-refractivity contribution is -0.141. The number of carbonyl (C=O) groups excluding carboxylic acids is 2. The highest BCUT2D eigenvalue weighted by Gasteiger charge is 2.36. The molecule has 1 saturated heterocycles. The minimum absolute atomic E-state index is 0.0517. The van der Waals surface area contributed by atoms with Gasteiger partial charge in [0, 0.05) is 13.0 Å². The number of ether oxygens (including phenoxy) is 1. The van der Waals surface area contributed by atoms with E-state index in [2.05, 4.69) is 0 Å². The number of amides is 1. The van der Waals surface area contributed by atoms with Crippen molar-refractivity contribution in [3.8, 4) is 0 Å². The Morgan fingerprint density at radius 3 is 2.65 bits per heavy atom. The van der Waals surface area contributed by atoms with Gasteiger partial charge in [0.05, 0.1) is 24.3 Å². The number of esters is 1. The number of benzene rings is 1. The van der Waals surface area contributed by atoms with E-state index in [4.69, 9.17) is 9.84 Å². The Kier molecular flexibility index (Phi) is 3.74. The lowest BCUT2D eigenvalue weighted by Gasteiger charge is -2.20. The number of aryl methyl sites for hydroxylation is 1. The van der Waals surface area contributed by atoms with Crippen LogP contribution in [0.4, 0.5) is 5.69 Å². The van der Waals surface area contributed by atoms with Gasteiger partial charge in [-0.05, 0) is 18.6 Å². The molecule has 2 rings (SSSR count). The highest BCUT2D eigenvalue weighted by Crippen LogP contribution is 2.30. The van der Waals surface area contributed by atoms with Gasteiger partial charge in [0.1, 0.15) is 0 Å². The molecule has 20 heavy (non-hydrogen) atoms. The zero-order valence-corrected chi connectivity index (χ0v) is 11.3. The molecule has 1 aromatic rings. The van der Waals surface area contributed by atoms with Gasteiger partial charge in [-0.15, -0.1) is 0 Å². The summed E-state index contributed by atoms with van der Waals surface area (Å²) in [6, 6.07) is 5.09. The number of hydrogen-bond donors (Lipinski definition) is 1. The number of carboxylic acids is 1. The molecule has 6 nitrogen and oxygen atoms in total. The van der Waals surface area contributed by atoms with Gasteiger partial charge in [0.2, 0.25) is 5.91 Å². The van der Waals surface area contributed by atoms with E-state index in [1.807, 2.05) is 0 Å². The van der Waals surface area contributed by atoms with Crippen LogP contribution in [0.1, 0.15) is 22.3 Å². The van der Waals surface area contributed by atoms with Crippen molar-refractivity contribution in [2.75, 3.05) is 18.6 Å². The molecule has 0 bridgehead atoms. The maximum Gasteiger partial charge on any atom is 0.340 e. The Balaban J connectivity index is 2.43. The fourth-order valence-electron chi connectivity index (χ4n) is 2.35. The summed E-state index contributed by atoms with van der Waals surface area (Å²) in [5.74, 6) is -2.58. The van der Waals surface area contributed by atoms with Gasteiger partial charge < -0.3 is 14.7 Å². The monoisotopic (exact) mass is 277 g/mol. The van der Waals surface area contributed by atoms with E-state index in [0.29, 0.717) is 16.8 Å². The number of anilines is 1. The van der Waals surface area contributed by atoms with Gasteiger partial charge in [0.25, 0.3) is 0 Å². The molecule has 1 atom stereocenters. The van der Waals surface area contributed by atoms with Gasteiger partial charge in [-0.1, -0.05) is 12.1 Å². The quantitative estimate of drug-likeness (QED) is 0.840. The predicted octanol–water partition coefficient (Wildman–Crippen LogP) is 1.22. The van der Waals surface area contributed by atoms with Crippen molar-refractivity contribution in [3.63, 3.8) is 0 Å². The normalized spacial score (nSPS) is 18.2. The highest BCUT2D eigenvalue weighted by molar-refractivity contribution is 6.05. The van der Waals surface area contributed by atoms with Gasteiger partial charge >= 0.3 is 11.9 Å². The molecule has 0 aromatic heterocycles. The number of rotatable bonds is 3. The van der Waals surface area contributed by atoms with Gasteiger partial charge in [-0.25, -0.2) is 4.79 Å². The van der Waals surface area contributed by atoms with E-state index >= 15 is 0 Å². The zero-order valence-electron chi connectivity index (χ0n) is 11.3. The molecule has 0 spiro atoms. The number of hydrogen-bond acceptors (Lipinski definition) is 4. The van der Waals surface area contributed by atoms with Crippen LogP contribution < -0.4 is 4.90 Å². The third kappa shape index (κ3) is 2.36. The van der Waals surface area contributed by atoms with Crippen molar-refractivity contribution >= 4 is 23.5 Å². The lowest BCUT2D eigenvalue weighted by atomic mass is 10.1. The maximum absolute atomic E-state index is 12.0. The Bertz CT molecular complexity index is 581. The number of carbonyl (C=O) groups is 3. The van der Waals surface area contributed by atoms with Crippen molar-refractivity contribution in [2.24, 2.45) is 5.92 Å². The van der Waals surface area contributed by atoms with E-state index in [-0.39, 0.29) is 18.9 Å². The minimum Gasteiger partial charge on any atom is -0.481 e. The fraction of sp³-hybridized carbons (Fsp3) is 0.357. The second-order valence-corrected chi connectivity index (χ2v) is 4.70. The van der Waals surface area contributed by atoms with Gasteiger partial charge in [0.15, 0.2) is 0 Å². The summed E-state index contributed by atoms with van der Waals surface area (Å²) in [4.78, 5) is 36.2. The molecule has 1 amide bonds. The van der Waals surface area contributed by atoms with Crippen LogP contribution >= 0.6 is 0 Å². The predicted molar refractivity (Wildman–Crippen MR) is 70.6 cm³/mol. The first-order valence-corrected chi connectivity index (χ1v) is 6.16. The van der Waals surface area contributed by atoms with Crippen molar-refractivity contribution in [1.82, 2.24) is 0 Å². The topological polar surface area (TPSA) is 83.9 Å². The first-order chi connectivity index (χ1) is 9.45. The fourth-order valence-corrected chi connectivity index (χ4v) is 2.35. The van der Waals surface area contributed by atoms with Crippen LogP contribution in [0.3, 0.4) is 0 Å². The molecule has 0 aliphatic carbocycles. The van der Waals surface area contributed by atoms with Crippen LogP contribution in [0.2, 0.25) is 0 Å². The lowest BCUT2D eigenvalue weighted by Crippen LogP contribution is -2.28. The van der Waals surface area contributed by atoms with Gasteiger partial charge in [-0.2, -0.15) is 0 Å². The first-order valence-electron chi connectivity index (χ1n) is 6.16. The Labute approximate surface area is 115 Å². The SMILES string of the molecule is COC(=O)c1c(C)cccc1N1CC(C(=O)O)CC1=O. The number of nitrogens with zero attached hydrogens (tertiary/aromatic N) is 1. The van der Waals surface area contributed by atoms with Crippen molar-refractivity contribution in [1.29, 1.82) is 0 Å². The Morgan fingerprint density at radius 1 is 1.40 bits per heavy atom. The average molecular weight is 277 g/mol. The van der Waals surface area contributed by atoms with Crippen LogP contribution in [0.5, 0.6) is 0 Å². The zero-order chi connectivity index (χ0) is 14.9. The molecule has 1 heterocycles. The molecule has 0 radical (unpaired) electrons. The second-order valence-electron chi connectivity index (χ2n) is 4.70. The third-order valence-corrected chi connectivity index (χ3v) is 3.41. The summed E-state index contributed by atoms with van der Waals surface area (Å²) < 4.78 is 4.73. The molecule has 1 fully saturated rings. The van der Waals surface area contributed by atoms with E-state index in [9.17, 15) is 14.4 Å². The number of carboxylic acid groups (broad SMARTS) is 1. The molecule has 1 aromatic carbocycles. The molecule has 1 N–H and O–H groups in total. The molecular weight excluding hydrogens is 262 g/mol. The summed E-state index contributed by atoms with van der Waals surface area (Å²) in [5.41, 5.74) is 1.39. The molecule has 1 unspecified atom stereocenters. The third-order valence-electron chi connectivity index (χ3n) is 3.41. The minimum atomic E-state index is -1.01. The summed E-state index contributed by atoms with van der Waals surface area (Å²) >= 11 is 0. The van der Waals surface area contributed by atoms with E-state index < -0.39 is 17.9 Å². The largest absolute Gasteiger partial charge is 0.481 e. The second kappa shape index (κ2) is 5.32. The summed E-state index contributed by atoms with van der Waals surface area (Å²) in [6.07, 6.45) is -0.0517. The van der Waals surface area contributed by atoms with Crippen LogP contribution in [-0.4, -0.2) is 36.6 Å². The first kappa shape index (κ1) is 14.0. The molecular formula is C14H15NO5. The van der Waals surface area contributed by atoms with E-state index in [1.54, 1.807) is 25.1 Å². The average Bonchev–Trinajstić information content (AvgIpc) is 2.80. The van der Waals surface area contributed by atoms with Crippen LogP contribution in [0.25, 0.3) is 0 Å². The highest BCUT2D eigenvalue weighted by atomic mass is 16.5. The van der Waals surface area contributed by atoms with Crippen molar-refractivity contribution in [2.45, 2.75) is 13.3 Å². The number of aliphatic carboxylic acids is 1. The molecule has 106 valence electrons. The van der Waals surface area contributed by atoms with Crippen LogP contribution in [0, 0.1) is 12.8 Å². The van der Waals surface area contributed by atoms with Crippen molar-refractivity contribution < 1.29 is 24.2 Å². The Hall–Kier alpha value is -2.37. The molecule has 6 heteroatoms. The van der Waals surface area contributed by atoms with Crippen molar-refractivity contribution in [3.05, 3.63) is 29.3 Å². The van der Waals surface area contributed by atoms with E-state index in [1.165, 1.54) is 12.0 Å². The molecule has 0 saturated carbocycles. The number of methoxy groups -OCH3 is 1. The van der Waals surface area contributed by atoms with E-state index in [0.717, 1.165) is 0 Å². The van der Waals surface area contributed by atoms with Crippen LogP contribution in [0.15, 0.2) is 18.2 Å². The maximum atomic E-state index is 12.0. The van der Waals surface area contributed by atoms with Crippen LogP contribution in [-0.2, 0) is 14.3 Å². The van der Waals surface area contributed by atoms with Gasteiger partial charge in [-0.3, -0.25) is 9.59 Å². The molecule has 1 aliphatic heterocycles. The Morgan fingerprint density at radius 2 is 2.10 bits per heavy atom. The summed E-state index contributed by atoms with van der Waals surface area (Å²) in [5, 5.41) is 9.00. The standard InChI is InChI=1S/C14H15NO5/c1-8-4-3-5-10(12(8)14(19)20-2)15-7-9(13(17)18)6-11(15)16/h3-5,9H,6-7H2,1-2H3,(H,17,18). The smallest absolute Gasteiger partial charge is 0.340 e. The summed E-state index contributed by atoms with van der Waals surface area (Å²) in [6.45, 7) is 1.81. The summed E-state index contributed by atoms with van der Waals surface area (Å²) in [7, 11) is 1.27. The molecule has 1 aliphatic rings.